The molecule has 0 aromatic carbocycles. The van der Waals surface area contributed by atoms with E-state index < -0.39 is 0 Å². The van der Waals surface area contributed by atoms with Crippen LogP contribution in [0.4, 0.5) is 5.82 Å². The molecule has 112 valence electrons. The molecule has 1 saturated heterocycles. The van der Waals surface area contributed by atoms with E-state index in [0.717, 1.165) is 18.9 Å². The third kappa shape index (κ3) is 3.80. The number of aromatic nitrogens is 2. The molecule has 0 spiro atoms. The molecule has 2 heterocycles. The smallest absolute Gasteiger partial charge is 0.234 e. The normalized spacial score (nSPS) is 20.8. The largest absolute Gasteiger partial charge is 0.474 e. The summed E-state index contributed by atoms with van der Waals surface area (Å²) in [4.78, 5) is 10.8. The van der Waals surface area contributed by atoms with E-state index in [4.69, 9.17) is 14.6 Å². The molecule has 20 heavy (non-hydrogen) atoms. The number of anilines is 1. The van der Waals surface area contributed by atoms with Gasteiger partial charge in [-0.05, 0) is 27.7 Å². The van der Waals surface area contributed by atoms with Crippen LogP contribution in [0.3, 0.4) is 0 Å². The summed E-state index contributed by atoms with van der Waals surface area (Å²) in [6, 6.07) is 0. The summed E-state index contributed by atoms with van der Waals surface area (Å²) in [6.45, 7) is 9.95. The predicted octanol–water partition coefficient (Wildman–Crippen LogP) is 1.24. The molecule has 1 N–H and O–H groups in total. The minimum Gasteiger partial charge on any atom is -0.474 e. The van der Waals surface area contributed by atoms with Gasteiger partial charge >= 0.3 is 0 Å². The van der Waals surface area contributed by atoms with Gasteiger partial charge in [-0.15, -0.1) is 0 Å². The van der Waals surface area contributed by atoms with Crippen molar-refractivity contribution in [3.05, 3.63) is 12.4 Å². The van der Waals surface area contributed by atoms with E-state index in [0.29, 0.717) is 5.88 Å². The lowest BCUT2D eigenvalue weighted by atomic mass is 9.99. The van der Waals surface area contributed by atoms with Crippen molar-refractivity contribution in [3.8, 4) is 5.88 Å². The third-order valence-corrected chi connectivity index (χ3v) is 2.96. The Bertz CT molecular complexity index is 447. The number of aliphatic hydroxyl groups excluding tert-OH is 1. The summed E-state index contributed by atoms with van der Waals surface area (Å²) in [5, 5.41) is 8.78. The molecule has 6 heteroatoms. The Morgan fingerprint density at radius 3 is 2.50 bits per heavy atom. The summed E-state index contributed by atoms with van der Waals surface area (Å²) in [5.74, 6) is 1.20. The first-order chi connectivity index (χ1) is 9.31. The first-order valence-electron chi connectivity index (χ1n) is 6.82. The highest BCUT2D eigenvalue weighted by Crippen LogP contribution is 2.30. The Balaban J connectivity index is 2.18. The molecule has 0 amide bonds. The highest BCUT2D eigenvalue weighted by molar-refractivity contribution is 5.39. The lowest BCUT2D eigenvalue weighted by molar-refractivity contribution is -0.133. The lowest BCUT2D eigenvalue weighted by Gasteiger charge is -2.47. The Labute approximate surface area is 119 Å². The number of hydrogen-bond acceptors (Lipinski definition) is 6. The molecule has 1 aliphatic heterocycles. The van der Waals surface area contributed by atoms with Gasteiger partial charge in [0.2, 0.25) is 5.88 Å². The fourth-order valence-electron chi connectivity index (χ4n) is 2.66. The molecule has 0 aliphatic carbocycles. The van der Waals surface area contributed by atoms with E-state index in [1.807, 2.05) is 0 Å². The standard InChI is InChI=1S/C14H23N3O3/c1-13(2)9-17(10-14(3,4)20-13)11-7-15-8-12(16-11)19-6-5-18/h7-8,18H,5-6,9-10H2,1-4H3. The average molecular weight is 281 g/mol. The molecule has 2 rings (SSSR count). The van der Waals surface area contributed by atoms with Crippen molar-refractivity contribution >= 4 is 5.82 Å². The van der Waals surface area contributed by atoms with E-state index in [1.165, 1.54) is 0 Å². The van der Waals surface area contributed by atoms with Gasteiger partial charge in [-0.3, -0.25) is 4.98 Å². The lowest BCUT2D eigenvalue weighted by Crippen LogP contribution is -2.57. The van der Waals surface area contributed by atoms with E-state index in [9.17, 15) is 0 Å². The van der Waals surface area contributed by atoms with Crippen LogP contribution in [0.2, 0.25) is 0 Å². The number of morpholine rings is 1. The molecule has 0 saturated carbocycles. The zero-order chi connectivity index (χ0) is 14.8. The summed E-state index contributed by atoms with van der Waals surface area (Å²) in [7, 11) is 0. The number of rotatable bonds is 4. The molecule has 0 radical (unpaired) electrons. The maximum absolute atomic E-state index is 8.78. The number of ether oxygens (including phenoxy) is 2. The highest BCUT2D eigenvalue weighted by Gasteiger charge is 2.38. The monoisotopic (exact) mass is 281 g/mol. The van der Waals surface area contributed by atoms with Crippen LogP contribution >= 0.6 is 0 Å². The second-order valence-corrected chi connectivity index (χ2v) is 6.27. The fourth-order valence-corrected chi connectivity index (χ4v) is 2.66. The first kappa shape index (κ1) is 15.0. The average Bonchev–Trinajstić information content (AvgIpc) is 2.33. The minimum absolute atomic E-state index is 0.0382. The van der Waals surface area contributed by atoms with Gasteiger partial charge in [0, 0.05) is 13.1 Å². The van der Waals surface area contributed by atoms with Crippen LogP contribution in [0.1, 0.15) is 27.7 Å². The van der Waals surface area contributed by atoms with Gasteiger partial charge in [-0.25, -0.2) is 0 Å². The zero-order valence-corrected chi connectivity index (χ0v) is 12.6. The Hall–Kier alpha value is -1.40. The molecular formula is C14H23N3O3. The number of nitrogens with zero attached hydrogens (tertiary/aromatic N) is 3. The van der Waals surface area contributed by atoms with E-state index in [2.05, 4.69) is 42.6 Å². The SMILES string of the molecule is CC1(C)CN(c2cncc(OCCO)n2)CC(C)(C)O1. The third-order valence-electron chi connectivity index (χ3n) is 2.96. The van der Waals surface area contributed by atoms with Gasteiger partial charge in [-0.2, -0.15) is 4.98 Å². The molecule has 0 atom stereocenters. The van der Waals surface area contributed by atoms with Gasteiger partial charge in [0.15, 0.2) is 5.82 Å². The Morgan fingerprint density at radius 1 is 1.25 bits per heavy atom. The summed E-state index contributed by atoms with van der Waals surface area (Å²) >= 11 is 0. The maximum Gasteiger partial charge on any atom is 0.234 e. The quantitative estimate of drug-likeness (QED) is 0.895. The van der Waals surface area contributed by atoms with Crippen LogP contribution in [0.15, 0.2) is 12.4 Å². The number of hydrogen-bond donors (Lipinski definition) is 1. The maximum atomic E-state index is 8.78. The van der Waals surface area contributed by atoms with Crippen LogP contribution in [-0.4, -0.2) is 52.6 Å². The van der Waals surface area contributed by atoms with Crippen LogP contribution in [0.5, 0.6) is 5.88 Å². The van der Waals surface area contributed by atoms with Crippen molar-refractivity contribution in [2.75, 3.05) is 31.2 Å². The summed E-state index contributed by atoms with van der Waals surface area (Å²) in [6.07, 6.45) is 3.28. The minimum atomic E-state index is -0.245. The Kier molecular flexibility index (Phi) is 4.15. The molecule has 1 fully saturated rings. The van der Waals surface area contributed by atoms with Crippen molar-refractivity contribution in [3.63, 3.8) is 0 Å². The number of aliphatic hydroxyl groups is 1. The molecule has 1 aliphatic rings. The van der Waals surface area contributed by atoms with Crippen LogP contribution in [-0.2, 0) is 4.74 Å². The van der Waals surface area contributed by atoms with Gasteiger partial charge in [0.05, 0.1) is 30.2 Å². The molecular weight excluding hydrogens is 258 g/mol. The second kappa shape index (κ2) is 5.54. The highest BCUT2D eigenvalue weighted by atomic mass is 16.5. The molecule has 1 aromatic rings. The van der Waals surface area contributed by atoms with Crippen molar-refractivity contribution < 1.29 is 14.6 Å². The Morgan fingerprint density at radius 2 is 1.90 bits per heavy atom. The van der Waals surface area contributed by atoms with E-state index in [1.54, 1.807) is 12.4 Å². The van der Waals surface area contributed by atoms with E-state index in [-0.39, 0.29) is 24.4 Å². The van der Waals surface area contributed by atoms with E-state index >= 15 is 0 Å². The van der Waals surface area contributed by atoms with Crippen LogP contribution < -0.4 is 9.64 Å². The zero-order valence-electron chi connectivity index (χ0n) is 12.6. The molecule has 6 nitrogen and oxygen atoms in total. The van der Waals surface area contributed by atoms with Crippen LogP contribution in [0.25, 0.3) is 0 Å². The van der Waals surface area contributed by atoms with Crippen LogP contribution in [0, 0.1) is 0 Å². The van der Waals surface area contributed by atoms with Gasteiger partial charge < -0.3 is 19.5 Å². The first-order valence-corrected chi connectivity index (χ1v) is 6.82. The van der Waals surface area contributed by atoms with Gasteiger partial charge in [0.25, 0.3) is 0 Å². The van der Waals surface area contributed by atoms with Crippen molar-refractivity contribution in [2.45, 2.75) is 38.9 Å². The van der Waals surface area contributed by atoms with Crippen molar-refractivity contribution in [2.24, 2.45) is 0 Å². The summed E-state index contributed by atoms with van der Waals surface area (Å²) in [5.41, 5.74) is -0.489. The molecule has 0 bridgehead atoms. The van der Waals surface area contributed by atoms with Gasteiger partial charge in [0.1, 0.15) is 6.61 Å². The van der Waals surface area contributed by atoms with Crippen molar-refractivity contribution in [1.29, 1.82) is 0 Å². The second-order valence-electron chi connectivity index (χ2n) is 6.27. The van der Waals surface area contributed by atoms with Gasteiger partial charge in [-0.1, -0.05) is 0 Å². The predicted molar refractivity (Wildman–Crippen MR) is 76.1 cm³/mol. The molecule has 0 unspecified atom stereocenters. The molecule has 1 aromatic heterocycles. The summed E-state index contributed by atoms with van der Waals surface area (Å²) < 4.78 is 11.4. The topological polar surface area (TPSA) is 67.7 Å². The van der Waals surface area contributed by atoms with Crippen molar-refractivity contribution in [1.82, 2.24) is 9.97 Å². The fraction of sp³-hybridized carbons (Fsp3) is 0.714.